The summed E-state index contributed by atoms with van der Waals surface area (Å²) in [4.78, 5) is 14.4. The first kappa shape index (κ1) is 13.2. The van der Waals surface area contributed by atoms with Gasteiger partial charge in [-0.3, -0.25) is 4.79 Å². The number of phenols is 1. The van der Waals surface area contributed by atoms with Crippen LogP contribution in [0.4, 0.5) is 5.69 Å². The maximum absolute atomic E-state index is 12.6. The van der Waals surface area contributed by atoms with Gasteiger partial charge in [-0.05, 0) is 58.6 Å². The molecule has 1 aliphatic heterocycles. The Morgan fingerprint density at radius 2 is 2.00 bits per heavy atom. The highest BCUT2D eigenvalue weighted by molar-refractivity contribution is 9.10. The van der Waals surface area contributed by atoms with E-state index in [0.29, 0.717) is 16.6 Å². The number of anilines is 1. The van der Waals surface area contributed by atoms with Crippen LogP contribution in [-0.4, -0.2) is 17.6 Å². The molecule has 0 radical (unpaired) electrons. The van der Waals surface area contributed by atoms with Gasteiger partial charge in [0, 0.05) is 17.8 Å². The van der Waals surface area contributed by atoms with Crippen LogP contribution < -0.4 is 4.90 Å². The summed E-state index contributed by atoms with van der Waals surface area (Å²) < 4.78 is 0.591. The first-order chi connectivity index (χ1) is 9.66. The van der Waals surface area contributed by atoms with E-state index in [1.165, 1.54) is 11.6 Å². The molecule has 1 aliphatic rings. The van der Waals surface area contributed by atoms with E-state index in [4.69, 9.17) is 0 Å². The average molecular weight is 332 g/mol. The van der Waals surface area contributed by atoms with Crippen LogP contribution in [0.2, 0.25) is 0 Å². The summed E-state index contributed by atoms with van der Waals surface area (Å²) in [6.45, 7) is 0.715. The zero-order chi connectivity index (χ0) is 14.1. The molecule has 4 heteroatoms. The van der Waals surface area contributed by atoms with E-state index >= 15 is 0 Å². The number of benzene rings is 2. The van der Waals surface area contributed by atoms with E-state index in [0.717, 1.165) is 18.5 Å². The average Bonchev–Trinajstić information content (AvgIpc) is 2.49. The number of hydrogen-bond donors (Lipinski definition) is 1. The fourth-order valence-electron chi connectivity index (χ4n) is 2.55. The van der Waals surface area contributed by atoms with Gasteiger partial charge in [0.2, 0.25) is 0 Å². The molecular weight excluding hydrogens is 318 g/mol. The minimum atomic E-state index is -0.0695. The number of aromatic hydroxyl groups is 1. The summed E-state index contributed by atoms with van der Waals surface area (Å²) in [6, 6.07) is 12.9. The van der Waals surface area contributed by atoms with E-state index in [-0.39, 0.29) is 11.7 Å². The third kappa shape index (κ3) is 2.31. The van der Waals surface area contributed by atoms with Crippen LogP contribution >= 0.6 is 15.9 Å². The quantitative estimate of drug-likeness (QED) is 0.864. The van der Waals surface area contributed by atoms with E-state index in [1.807, 2.05) is 18.2 Å². The Bertz CT molecular complexity index is 669. The van der Waals surface area contributed by atoms with Crippen molar-refractivity contribution in [3.8, 4) is 5.75 Å². The largest absolute Gasteiger partial charge is 0.507 e. The molecule has 1 N–H and O–H groups in total. The van der Waals surface area contributed by atoms with Crippen molar-refractivity contribution in [2.75, 3.05) is 11.4 Å². The number of hydrogen-bond acceptors (Lipinski definition) is 2. The molecular formula is C16H14BrNO2. The Morgan fingerprint density at radius 1 is 1.20 bits per heavy atom. The van der Waals surface area contributed by atoms with Crippen LogP contribution in [0.5, 0.6) is 5.75 Å². The summed E-state index contributed by atoms with van der Waals surface area (Å²) in [6.07, 6.45) is 1.97. The van der Waals surface area contributed by atoms with Gasteiger partial charge in [0.1, 0.15) is 5.75 Å². The van der Waals surface area contributed by atoms with E-state index in [1.54, 1.807) is 17.0 Å². The number of para-hydroxylation sites is 1. The molecule has 0 unspecified atom stereocenters. The highest BCUT2D eigenvalue weighted by atomic mass is 79.9. The van der Waals surface area contributed by atoms with Gasteiger partial charge in [0.05, 0.1) is 4.47 Å². The molecule has 3 rings (SSSR count). The monoisotopic (exact) mass is 331 g/mol. The number of carbonyl (C=O) groups excluding carboxylic acids is 1. The van der Waals surface area contributed by atoms with Crippen molar-refractivity contribution in [3.63, 3.8) is 0 Å². The van der Waals surface area contributed by atoms with Crippen molar-refractivity contribution in [3.05, 3.63) is 58.1 Å². The molecule has 0 atom stereocenters. The van der Waals surface area contributed by atoms with E-state index in [9.17, 15) is 9.90 Å². The van der Waals surface area contributed by atoms with Crippen molar-refractivity contribution in [2.45, 2.75) is 12.8 Å². The number of amides is 1. The molecule has 3 nitrogen and oxygen atoms in total. The second-order valence-electron chi connectivity index (χ2n) is 4.86. The lowest BCUT2D eigenvalue weighted by atomic mass is 10.0. The predicted octanol–water partition coefficient (Wildman–Crippen LogP) is 3.75. The van der Waals surface area contributed by atoms with Crippen molar-refractivity contribution in [1.82, 2.24) is 0 Å². The number of aryl methyl sites for hydroxylation is 1. The summed E-state index contributed by atoms with van der Waals surface area (Å²) >= 11 is 3.23. The Kier molecular flexibility index (Phi) is 3.49. The van der Waals surface area contributed by atoms with Crippen molar-refractivity contribution < 1.29 is 9.90 Å². The molecule has 102 valence electrons. The van der Waals surface area contributed by atoms with Gasteiger partial charge in [0.25, 0.3) is 5.91 Å². The molecule has 20 heavy (non-hydrogen) atoms. The van der Waals surface area contributed by atoms with Gasteiger partial charge in [-0.1, -0.05) is 18.2 Å². The van der Waals surface area contributed by atoms with Crippen molar-refractivity contribution in [2.24, 2.45) is 0 Å². The molecule has 0 bridgehead atoms. The third-order valence-electron chi connectivity index (χ3n) is 3.55. The lowest BCUT2D eigenvalue weighted by Crippen LogP contribution is -2.35. The number of fused-ring (bicyclic) bond motifs is 1. The molecule has 2 aromatic rings. The summed E-state index contributed by atoms with van der Waals surface area (Å²) in [7, 11) is 0. The molecule has 0 fully saturated rings. The van der Waals surface area contributed by atoms with Crippen molar-refractivity contribution in [1.29, 1.82) is 0 Å². The predicted molar refractivity (Wildman–Crippen MR) is 82.2 cm³/mol. The van der Waals surface area contributed by atoms with Gasteiger partial charge in [0.15, 0.2) is 0 Å². The topological polar surface area (TPSA) is 40.5 Å². The molecule has 0 spiro atoms. The number of halogens is 1. The number of nitrogens with zero attached hydrogens (tertiary/aromatic N) is 1. The Labute approximate surface area is 126 Å². The van der Waals surface area contributed by atoms with Gasteiger partial charge < -0.3 is 10.0 Å². The minimum absolute atomic E-state index is 0.0695. The van der Waals surface area contributed by atoms with Crippen LogP contribution in [0, 0.1) is 0 Å². The fourth-order valence-corrected chi connectivity index (χ4v) is 2.79. The smallest absolute Gasteiger partial charge is 0.258 e. The number of rotatable bonds is 1. The highest BCUT2D eigenvalue weighted by Crippen LogP contribution is 2.30. The first-order valence-corrected chi connectivity index (χ1v) is 7.34. The zero-order valence-electron chi connectivity index (χ0n) is 10.8. The number of carbonyl (C=O) groups is 1. The lowest BCUT2D eigenvalue weighted by Gasteiger charge is -2.29. The Morgan fingerprint density at radius 3 is 2.80 bits per heavy atom. The maximum Gasteiger partial charge on any atom is 0.258 e. The van der Waals surface area contributed by atoms with Gasteiger partial charge >= 0.3 is 0 Å². The first-order valence-electron chi connectivity index (χ1n) is 6.55. The van der Waals surface area contributed by atoms with E-state index in [2.05, 4.69) is 22.0 Å². The standard InChI is InChI=1S/C16H14BrNO2/c17-13-8-7-12(10-15(13)19)16(20)18-9-3-5-11-4-1-2-6-14(11)18/h1-2,4,6-8,10,19H,3,5,9H2. The SMILES string of the molecule is O=C(c1ccc(Br)c(O)c1)N1CCCc2ccccc21. The van der Waals surface area contributed by atoms with Crippen LogP contribution in [-0.2, 0) is 6.42 Å². The molecule has 0 saturated carbocycles. The summed E-state index contributed by atoms with van der Waals surface area (Å²) in [5.74, 6) is 0.0149. The van der Waals surface area contributed by atoms with E-state index < -0.39 is 0 Å². The van der Waals surface area contributed by atoms with Crippen LogP contribution in [0.1, 0.15) is 22.3 Å². The highest BCUT2D eigenvalue weighted by Gasteiger charge is 2.23. The number of phenolic OH excluding ortho intramolecular Hbond substituents is 1. The van der Waals surface area contributed by atoms with Gasteiger partial charge in [-0.15, -0.1) is 0 Å². The molecule has 1 heterocycles. The third-order valence-corrected chi connectivity index (χ3v) is 4.22. The molecule has 0 saturated heterocycles. The van der Waals surface area contributed by atoms with Crippen molar-refractivity contribution >= 4 is 27.5 Å². The Balaban J connectivity index is 1.97. The van der Waals surface area contributed by atoms with Crippen LogP contribution in [0.25, 0.3) is 0 Å². The van der Waals surface area contributed by atoms with Gasteiger partial charge in [-0.2, -0.15) is 0 Å². The second kappa shape index (κ2) is 5.29. The normalized spacial score (nSPS) is 13.9. The van der Waals surface area contributed by atoms with Gasteiger partial charge in [-0.25, -0.2) is 0 Å². The molecule has 0 aromatic heterocycles. The Hall–Kier alpha value is -1.81. The molecule has 2 aromatic carbocycles. The summed E-state index contributed by atoms with van der Waals surface area (Å²) in [5, 5.41) is 9.72. The fraction of sp³-hybridized carbons (Fsp3) is 0.188. The minimum Gasteiger partial charge on any atom is -0.507 e. The van der Waals surface area contributed by atoms with Crippen LogP contribution in [0.15, 0.2) is 46.9 Å². The second-order valence-corrected chi connectivity index (χ2v) is 5.71. The molecule has 0 aliphatic carbocycles. The zero-order valence-corrected chi connectivity index (χ0v) is 12.4. The maximum atomic E-state index is 12.6. The summed E-state index contributed by atoms with van der Waals surface area (Å²) in [5.41, 5.74) is 2.68. The lowest BCUT2D eigenvalue weighted by molar-refractivity contribution is 0.0984. The molecule has 1 amide bonds. The van der Waals surface area contributed by atoms with Crippen LogP contribution in [0.3, 0.4) is 0 Å².